The average molecular weight is 1460 g/mol. The summed E-state index contributed by atoms with van der Waals surface area (Å²) in [4.78, 5) is 0. The Hall–Kier alpha value is -13.5. The van der Waals surface area contributed by atoms with Crippen molar-refractivity contribution in [1.82, 2.24) is 9.13 Å². The van der Waals surface area contributed by atoms with E-state index in [1.165, 1.54) is 208 Å². The molecule has 0 bridgehead atoms. The van der Waals surface area contributed by atoms with Crippen molar-refractivity contribution >= 4 is 158 Å². The molecule has 0 radical (unpaired) electrons. The second-order valence-electron chi connectivity index (χ2n) is 29.3. The lowest BCUT2D eigenvalue weighted by Gasteiger charge is -2.14. The van der Waals surface area contributed by atoms with E-state index >= 15 is 0 Å². The highest BCUT2D eigenvalue weighted by Crippen LogP contribution is 2.51. The monoisotopic (exact) mass is 1460 g/mol. The summed E-state index contributed by atoms with van der Waals surface area (Å²) in [6.45, 7) is 0. The summed E-state index contributed by atoms with van der Waals surface area (Å²) in [5, 5.41) is 44.4. The second kappa shape index (κ2) is 25.4. The third-order valence-electron chi connectivity index (χ3n) is 23.3. The van der Waals surface area contributed by atoms with Crippen LogP contribution in [0.25, 0.3) is 219 Å². The standard InChI is InChI=1S/C52H31N.C36H22BrN.C16H11BO2/c1-2-16-40-38(14-1)39-15-3-4-17-41(39)48-31-37(24-26-42(40)48)53-50-21-6-5-18-44(50)49-30-36(23-27-51(49)53)34-13-7-12-33(28-34)35-22-25-43-45-19-8-10-32-11-9-20-46(52(32)45)47(43)29-35;37-25-9-7-8-23(20-25)24-16-19-36-34(21-24)32-14-5-6-15-35(32)38(36)26-17-18-31-29-12-2-1-10-27(29)28-11-3-4-13-30(28)33(31)22-26;18-17(19)11-7-8-12-13-5-1-3-10-4-2-6-14(16(10)13)15(12)9-11/h1-31H;1-22H;1-9,18-19H. The lowest BCUT2D eigenvalue weighted by atomic mass is 9.78. The van der Waals surface area contributed by atoms with E-state index in [-0.39, 0.29) is 0 Å². The first-order valence-electron chi connectivity index (χ1n) is 37.6. The Balaban J connectivity index is 0.000000113. The number of hydrogen-bond donors (Lipinski definition) is 2. The lowest BCUT2D eigenvalue weighted by Crippen LogP contribution is -2.29. The Labute approximate surface area is 642 Å². The van der Waals surface area contributed by atoms with Crippen LogP contribution in [0.2, 0.25) is 0 Å². The maximum absolute atomic E-state index is 9.32. The van der Waals surface area contributed by atoms with Crippen LogP contribution in [-0.2, 0) is 0 Å². The molecule has 0 atom stereocenters. The summed E-state index contributed by atoms with van der Waals surface area (Å²) < 4.78 is 5.95. The average Bonchev–Trinajstić information content (AvgIpc) is 1.66. The Morgan fingerprint density at radius 3 is 0.964 bits per heavy atom. The van der Waals surface area contributed by atoms with Gasteiger partial charge >= 0.3 is 7.12 Å². The minimum Gasteiger partial charge on any atom is -0.423 e. The van der Waals surface area contributed by atoms with Crippen LogP contribution in [0.1, 0.15) is 0 Å². The molecule has 0 saturated carbocycles. The van der Waals surface area contributed by atoms with E-state index < -0.39 is 7.12 Å². The molecule has 24 rings (SSSR count). The van der Waals surface area contributed by atoms with E-state index in [1.54, 1.807) is 6.07 Å². The molecule has 0 fully saturated rings. The minimum atomic E-state index is -1.42. The molecule has 0 saturated heterocycles. The molecule has 110 heavy (non-hydrogen) atoms. The predicted octanol–water partition coefficient (Wildman–Crippen LogP) is 27.2. The molecule has 2 aliphatic rings. The first-order chi connectivity index (χ1) is 54.3. The quantitative estimate of drug-likeness (QED) is 0.129. The highest BCUT2D eigenvalue weighted by molar-refractivity contribution is 9.10. The van der Waals surface area contributed by atoms with Crippen LogP contribution in [0.3, 0.4) is 0 Å². The third-order valence-corrected chi connectivity index (χ3v) is 23.8. The van der Waals surface area contributed by atoms with Gasteiger partial charge in [0.15, 0.2) is 0 Å². The highest BCUT2D eigenvalue weighted by Gasteiger charge is 2.26. The maximum atomic E-state index is 9.32. The molecule has 22 aromatic rings. The predicted molar refractivity (Wildman–Crippen MR) is 471 cm³/mol. The first-order valence-corrected chi connectivity index (χ1v) is 38.4. The summed E-state index contributed by atoms with van der Waals surface area (Å²) in [6.07, 6.45) is 0. The van der Waals surface area contributed by atoms with Gasteiger partial charge in [0, 0.05) is 37.4 Å². The van der Waals surface area contributed by atoms with Gasteiger partial charge in [0.1, 0.15) is 0 Å². The lowest BCUT2D eigenvalue weighted by molar-refractivity contribution is 0.426. The van der Waals surface area contributed by atoms with Gasteiger partial charge in [0.05, 0.1) is 22.1 Å². The molecule has 2 N–H and O–H groups in total. The van der Waals surface area contributed by atoms with Crippen molar-refractivity contribution in [3.05, 3.63) is 381 Å². The van der Waals surface area contributed by atoms with Gasteiger partial charge in [0.2, 0.25) is 0 Å². The molecule has 0 unspecified atom stereocenters. The topological polar surface area (TPSA) is 50.3 Å². The first kappa shape index (κ1) is 63.8. The zero-order chi connectivity index (χ0) is 72.8. The molecule has 2 aliphatic carbocycles. The molecule has 20 aromatic carbocycles. The van der Waals surface area contributed by atoms with Crippen LogP contribution in [0.4, 0.5) is 0 Å². The van der Waals surface area contributed by atoms with Gasteiger partial charge in [-0.2, -0.15) is 0 Å². The molecule has 6 heteroatoms. The van der Waals surface area contributed by atoms with Crippen molar-refractivity contribution in [2.75, 3.05) is 0 Å². The van der Waals surface area contributed by atoms with Gasteiger partial charge in [-0.1, -0.05) is 307 Å². The van der Waals surface area contributed by atoms with E-state index in [0.29, 0.717) is 5.46 Å². The van der Waals surface area contributed by atoms with Crippen LogP contribution in [0.5, 0.6) is 0 Å². The van der Waals surface area contributed by atoms with E-state index in [1.807, 2.05) is 18.2 Å². The summed E-state index contributed by atoms with van der Waals surface area (Å²) >= 11 is 3.63. The Bertz CT molecular complexity index is 7590. The molecule has 0 amide bonds. The summed E-state index contributed by atoms with van der Waals surface area (Å²) in [6, 6.07) is 137. The Kier molecular flexibility index (Phi) is 14.7. The van der Waals surface area contributed by atoms with Crippen molar-refractivity contribution in [2.24, 2.45) is 0 Å². The molecule has 2 heterocycles. The number of aromatic nitrogens is 2. The molecule has 512 valence electrons. The molecule has 0 aliphatic heterocycles. The van der Waals surface area contributed by atoms with Gasteiger partial charge in [-0.3, -0.25) is 0 Å². The number of fused-ring (bicyclic) bond motifs is 24. The van der Waals surface area contributed by atoms with Gasteiger partial charge in [-0.25, -0.2) is 0 Å². The van der Waals surface area contributed by atoms with Gasteiger partial charge in [-0.15, -0.1) is 0 Å². The van der Waals surface area contributed by atoms with Crippen molar-refractivity contribution < 1.29 is 10.0 Å². The number of benzene rings is 20. The van der Waals surface area contributed by atoms with E-state index in [0.717, 1.165) is 15.6 Å². The minimum absolute atomic E-state index is 0.531. The Morgan fingerprint density at radius 1 is 0.200 bits per heavy atom. The SMILES string of the molecule is Brc1cccc(-c2ccc3c(c2)c2ccccc2n3-c2ccc3c4ccccc4c4ccccc4c3c2)c1.OB(O)c1ccc2c(c1)-c1cccc3cccc-2c13.c1cc(-c2ccc3c(c2)-c2cccc4cccc-3c24)cc(-c2ccc3c(c2)c2ccccc2n3-c2ccc3c4ccccc4c4ccccc4c3c2)c1. The van der Waals surface area contributed by atoms with Crippen molar-refractivity contribution in [3.63, 3.8) is 0 Å². The van der Waals surface area contributed by atoms with Crippen LogP contribution in [-0.4, -0.2) is 26.3 Å². The fourth-order valence-electron chi connectivity index (χ4n) is 18.4. The highest BCUT2D eigenvalue weighted by atomic mass is 79.9. The largest absolute Gasteiger partial charge is 0.488 e. The third kappa shape index (κ3) is 10.1. The van der Waals surface area contributed by atoms with Gasteiger partial charge < -0.3 is 19.2 Å². The summed E-state index contributed by atoms with van der Waals surface area (Å²) in [7, 11) is -1.42. The zero-order valence-corrected chi connectivity index (χ0v) is 61.1. The normalized spacial score (nSPS) is 12.0. The number of hydrogen-bond acceptors (Lipinski definition) is 2. The van der Waals surface area contributed by atoms with Crippen molar-refractivity contribution in [1.29, 1.82) is 0 Å². The number of nitrogens with zero attached hydrogens (tertiary/aromatic N) is 2. The fourth-order valence-corrected chi connectivity index (χ4v) is 18.8. The fraction of sp³-hybridized carbons (Fsp3) is 0. The maximum Gasteiger partial charge on any atom is 0.488 e. The number of rotatable bonds is 6. The van der Waals surface area contributed by atoms with Gasteiger partial charge in [-0.05, 0) is 254 Å². The van der Waals surface area contributed by atoms with Crippen LogP contribution in [0, 0.1) is 0 Å². The van der Waals surface area contributed by atoms with Gasteiger partial charge in [0.25, 0.3) is 0 Å². The molecular weight excluding hydrogens is 1400 g/mol. The summed E-state index contributed by atoms with van der Waals surface area (Å²) in [5.41, 5.74) is 25.0. The zero-order valence-electron chi connectivity index (χ0n) is 59.5. The second-order valence-corrected chi connectivity index (χ2v) is 30.2. The van der Waals surface area contributed by atoms with E-state index in [9.17, 15) is 10.0 Å². The molecule has 4 nitrogen and oxygen atoms in total. The molecular formula is C104H64BBrN2O2. The Morgan fingerprint density at radius 2 is 0.527 bits per heavy atom. The van der Waals surface area contributed by atoms with Crippen molar-refractivity contribution in [3.8, 4) is 89.3 Å². The van der Waals surface area contributed by atoms with Crippen molar-refractivity contribution in [2.45, 2.75) is 0 Å². The van der Waals surface area contributed by atoms with Crippen LogP contribution in [0.15, 0.2) is 381 Å². The number of para-hydroxylation sites is 2. The smallest absolute Gasteiger partial charge is 0.423 e. The summed E-state index contributed by atoms with van der Waals surface area (Å²) in [5.74, 6) is 0. The van der Waals surface area contributed by atoms with E-state index in [4.69, 9.17) is 0 Å². The molecule has 2 aromatic heterocycles. The van der Waals surface area contributed by atoms with Crippen LogP contribution < -0.4 is 5.46 Å². The van der Waals surface area contributed by atoms with Crippen LogP contribution >= 0.6 is 15.9 Å². The van der Waals surface area contributed by atoms with E-state index in [2.05, 4.69) is 377 Å². The molecule has 0 spiro atoms. The number of halogens is 1.